The number of nitrogens with one attached hydrogen (secondary N) is 1. The van der Waals surface area contributed by atoms with Gasteiger partial charge in [-0.1, -0.05) is 58.9 Å². The van der Waals surface area contributed by atoms with Crippen LogP contribution >= 0.6 is 27.5 Å². The first-order valence-electron chi connectivity index (χ1n) is 11.5. The Morgan fingerprint density at radius 2 is 1.73 bits per heavy atom. The predicted molar refractivity (Wildman–Crippen MR) is 136 cm³/mol. The third kappa shape index (κ3) is 7.21. The minimum absolute atomic E-state index is 0.125. The van der Waals surface area contributed by atoms with E-state index >= 15 is 0 Å². The topological polar surface area (TPSA) is 58.6 Å². The number of carbonyl (C=O) groups excluding carboxylic acids is 2. The van der Waals surface area contributed by atoms with Crippen LogP contribution < -0.4 is 10.1 Å². The molecule has 0 spiro atoms. The summed E-state index contributed by atoms with van der Waals surface area (Å²) in [6.45, 7) is 5.90. The van der Waals surface area contributed by atoms with Crippen molar-refractivity contribution in [3.05, 3.63) is 62.6 Å². The molecule has 0 bridgehead atoms. The lowest BCUT2D eigenvalue weighted by Gasteiger charge is -2.31. The Kier molecular flexibility index (Phi) is 9.21. The first-order valence-corrected chi connectivity index (χ1v) is 12.7. The largest absolute Gasteiger partial charge is 0.484 e. The Labute approximate surface area is 210 Å². The first kappa shape index (κ1) is 25.6. The quantitative estimate of drug-likeness (QED) is 0.453. The summed E-state index contributed by atoms with van der Waals surface area (Å²) in [4.78, 5) is 27.9. The molecule has 1 aliphatic rings. The van der Waals surface area contributed by atoms with E-state index < -0.39 is 6.04 Å². The summed E-state index contributed by atoms with van der Waals surface area (Å²) in [5.74, 6) is 0.265. The summed E-state index contributed by atoms with van der Waals surface area (Å²) in [5, 5.41) is 3.77. The van der Waals surface area contributed by atoms with E-state index in [1.54, 1.807) is 24.0 Å². The number of hydrogen-bond donors (Lipinski definition) is 1. The molecular formula is C26H32BrClN2O3. The first-order chi connectivity index (χ1) is 15.7. The minimum Gasteiger partial charge on any atom is -0.484 e. The van der Waals surface area contributed by atoms with Gasteiger partial charge in [-0.05, 0) is 74.6 Å². The molecule has 7 heteroatoms. The maximum Gasteiger partial charge on any atom is 0.261 e. The normalized spacial score (nSPS) is 15.1. The van der Waals surface area contributed by atoms with Gasteiger partial charge < -0.3 is 15.0 Å². The molecule has 3 rings (SSSR count). The van der Waals surface area contributed by atoms with Crippen LogP contribution in [0.1, 0.15) is 55.7 Å². The monoisotopic (exact) mass is 534 g/mol. The summed E-state index contributed by atoms with van der Waals surface area (Å²) >= 11 is 9.57. The fraction of sp³-hybridized carbons (Fsp3) is 0.462. The van der Waals surface area contributed by atoms with E-state index in [-0.39, 0.29) is 24.5 Å². The average molecular weight is 536 g/mol. The van der Waals surface area contributed by atoms with Crippen molar-refractivity contribution in [2.75, 3.05) is 6.61 Å². The number of halogens is 2. The highest BCUT2D eigenvalue weighted by Gasteiger charge is 2.28. The SMILES string of the molecule is Cc1cc(OCC(=O)N(Cc2ccc(Cl)cc2)[C@@H](C)C(=O)NC2CCCCC2)cc(C)c1Br. The molecule has 1 saturated carbocycles. The molecule has 33 heavy (non-hydrogen) atoms. The van der Waals surface area contributed by atoms with Crippen LogP contribution in [-0.4, -0.2) is 35.4 Å². The van der Waals surface area contributed by atoms with Crippen molar-refractivity contribution in [1.82, 2.24) is 10.2 Å². The van der Waals surface area contributed by atoms with Crippen LogP contribution in [0.2, 0.25) is 5.02 Å². The summed E-state index contributed by atoms with van der Waals surface area (Å²) in [5.41, 5.74) is 2.98. The molecular weight excluding hydrogens is 504 g/mol. The van der Waals surface area contributed by atoms with Crippen molar-refractivity contribution >= 4 is 39.3 Å². The smallest absolute Gasteiger partial charge is 0.261 e. The van der Waals surface area contributed by atoms with E-state index in [2.05, 4.69) is 21.2 Å². The zero-order valence-electron chi connectivity index (χ0n) is 19.5. The average Bonchev–Trinajstić information content (AvgIpc) is 2.80. The van der Waals surface area contributed by atoms with Crippen LogP contribution in [0.5, 0.6) is 5.75 Å². The summed E-state index contributed by atoms with van der Waals surface area (Å²) in [7, 11) is 0. The van der Waals surface area contributed by atoms with Gasteiger partial charge in [0.15, 0.2) is 6.61 Å². The molecule has 5 nitrogen and oxygen atoms in total. The molecule has 2 aromatic carbocycles. The fourth-order valence-corrected chi connectivity index (χ4v) is 4.51. The zero-order chi connectivity index (χ0) is 24.0. The molecule has 0 heterocycles. The zero-order valence-corrected chi connectivity index (χ0v) is 21.8. The Bertz CT molecular complexity index is 951. The Morgan fingerprint density at radius 3 is 2.33 bits per heavy atom. The lowest BCUT2D eigenvalue weighted by atomic mass is 9.95. The van der Waals surface area contributed by atoms with Gasteiger partial charge in [0.25, 0.3) is 5.91 Å². The highest BCUT2D eigenvalue weighted by Crippen LogP contribution is 2.26. The molecule has 2 aromatic rings. The molecule has 2 amide bonds. The van der Waals surface area contributed by atoms with Gasteiger partial charge in [0.1, 0.15) is 11.8 Å². The lowest BCUT2D eigenvalue weighted by molar-refractivity contribution is -0.142. The van der Waals surface area contributed by atoms with Crippen molar-refractivity contribution in [2.45, 2.75) is 71.5 Å². The molecule has 1 fully saturated rings. The molecule has 0 aliphatic heterocycles. The van der Waals surface area contributed by atoms with Crippen molar-refractivity contribution in [3.63, 3.8) is 0 Å². The molecule has 1 aliphatic carbocycles. The van der Waals surface area contributed by atoms with Crippen LogP contribution in [0.3, 0.4) is 0 Å². The molecule has 0 saturated heterocycles. The second-order valence-corrected chi connectivity index (χ2v) is 10.1. The van der Waals surface area contributed by atoms with Crippen LogP contribution in [0.25, 0.3) is 0 Å². The standard InChI is InChI=1S/C26H32BrClN2O3/c1-17-13-23(14-18(2)25(17)27)33-16-24(31)30(15-20-9-11-21(28)12-10-20)19(3)26(32)29-22-7-5-4-6-8-22/h9-14,19,22H,4-8,15-16H2,1-3H3,(H,29,32)/t19-/m0/s1. The van der Waals surface area contributed by atoms with Gasteiger partial charge >= 0.3 is 0 Å². The molecule has 0 radical (unpaired) electrons. The van der Waals surface area contributed by atoms with Crippen molar-refractivity contribution < 1.29 is 14.3 Å². The highest BCUT2D eigenvalue weighted by atomic mass is 79.9. The van der Waals surface area contributed by atoms with Crippen LogP contribution in [0.4, 0.5) is 0 Å². The van der Waals surface area contributed by atoms with E-state index in [9.17, 15) is 9.59 Å². The Hall–Kier alpha value is -2.05. The Morgan fingerprint density at radius 1 is 1.12 bits per heavy atom. The van der Waals surface area contributed by atoms with Gasteiger partial charge in [0, 0.05) is 22.1 Å². The summed E-state index contributed by atoms with van der Waals surface area (Å²) in [6.07, 6.45) is 5.47. The number of amides is 2. The summed E-state index contributed by atoms with van der Waals surface area (Å²) < 4.78 is 6.86. The lowest BCUT2D eigenvalue weighted by Crippen LogP contribution is -2.51. The van der Waals surface area contributed by atoms with Gasteiger partial charge in [-0.2, -0.15) is 0 Å². The van der Waals surface area contributed by atoms with E-state index in [4.69, 9.17) is 16.3 Å². The minimum atomic E-state index is -0.618. The van der Waals surface area contributed by atoms with Gasteiger partial charge in [0.05, 0.1) is 0 Å². The van der Waals surface area contributed by atoms with E-state index in [0.29, 0.717) is 17.3 Å². The van der Waals surface area contributed by atoms with E-state index in [0.717, 1.165) is 46.8 Å². The number of carbonyl (C=O) groups is 2. The maximum absolute atomic E-state index is 13.2. The van der Waals surface area contributed by atoms with Crippen LogP contribution in [0, 0.1) is 13.8 Å². The molecule has 0 unspecified atom stereocenters. The number of ether oxygens (including phenoxy) is 1. The molecule has 1 N–H and O–H groups in total. The van der Waals surface area contributed by atoms with Crippen molar-refractivity contribution in [1.29, 1.82) is 0 Å². The number of nitrogens with zero attached hydrogens (tertiary/aromatic N) is 1. The number of benzene rings is 2. The van der Waals surface area contributed by atoms with Gasteiger partial charge in [-0.3, -0.25) is 9.59 Å². The molecule has 178 valence electrons. The van der Waals surface area contributed by atoms with Gasteiger partial charge in [-0.25, -0.2) is 0 Å². The van der Waals surface area contributed by atoms with Crippen LogP contribution in [0.15, 0.2) is 40.9 Å². The van der Waals surface area contributed by atoms with Gasteiger partial charge in [0.2, 0.25) is 5.91 Å². The van der Waals surface area contributed by atoms with Crippen molar-refractivity contribution in [3.8, 4) is 5.75 Å². The van der Waals surface area contributed by atoms with Gasteiger partial charge in [-0.15, -0.1) is 0 Å². The second kappa shape index (κ2) is 11.9. The number of aryl methyl sites for hydroxylation is 2. The van der Waals surface area contributed by atoms with E-state index in [1.807, 2.05) is 38.1 Å². The summed E-state index contributed by atoms with van der Waals surface area (Å²) in [6, 6.07) is 10.7. The van der Waals surface area contributed by atoms with Crippen LogP contribution in [-0.2, 0) is 16.1 Å². The maximum atomic E-state index is 13.2. The highest BCUT2D eigenvalue weighted by molar-refractivity contribution is 9.10. The number of rotatable bonds is 8. The van der Waals surface area contributed by atoms with Crippen molar-refractivity contribution in [2.24, 2.45) is 0 Å². The second-order valence-electron chi connectivity index (χ2n) is 8.83. The third-order valence-electron chi connectivity index (χ3n) is 6.16. The third-order valence-corrected chi connectivity index (χ3v) is 7.66. The Balaban J connectivity index is 1.72. The molecule has 1 atom stereocenters. The predicted octanol–water partition coefficient (Wildman–Crippen LogP) is 5.96. The fourth-order valence-electron chi connectivity index (χ4n) is 4.16. The number of hydrogen-bond acceptors (Lipinski definition) is 3. The molecule has 0 aromatic heterocycles. The van der Waals surface area contributed by atoms with E-state index in [1.165, 1.54) is 6.42 Å².